The van der Waals surface area contributed by atoms with Gasteiger partial charge in [-0.15, -0.1) is 0 Å². The lowest BCUT2D eigenvalue weighted by molar-refractivity contribution is -0.140. The minimum absolute atomic E-state index is 0.0506. The van der Waals surface area contributed by atoms with E-state index in [1.807, 2.05) is 51.1 Å². The van der Waals surface area contributed by atoms with E-state index in [0.717, 1.165) is 11.1 Å². The molecular formula is C21H24N4O3. The van der Waals surface area contributed by atoms with Gasteiger partial charge in [0.25, 0.3) is 5.91 Å². The van der Waals surface area contributed by atoms with Crippen LogP contribution in [0.25, 0.3) is 11.4 Å². The molecule has 1 amide bonds. The Labute approximate surface area is 164 Å². The van der Waals surface area contributed by atoms with Crippen LogP contribution in [0.15, 0.2) is 53.3 Å². The average Bonchev–Trinajstić information content (AvgIpc) is 3.16. The SMILES string of the molecule is Cc1ccc(O[C@H](C)C(=O)N(Cc2nc(-c3cccnc3)no2)C(C)C)cc1. The van der Waals surface area contributed by atoms with Crippen LogP contribution in [0.2, 0.25) is 0 Å². The zero-order valence-electron chi connectivity index (χ0n) is 16.5. The number of benzene rings is 1. The number of carbonyl (C=O) groups is 1. The Bertz CT molecular complexity index is 907. The molecule has 3 rings (SSSR count). The molecule has 2 aromatic heterocycles. The van der Waals surface area contributed by atoms with Crippen LogP contribution < -0.4 is 4.74 Å². The van der Waals surface area contributed by atoms with Gasteiger partial charge in [-0.3, -0.25) is 9.78 Å². The van der Waals surface area contributed by atoms with E-state index in [-0.39, 0.29) is 18.5 Å². The number of nitrogens with zero attached hydrogens (tertiary/aromatic N) is 4. The van der Waals surface area contributed by atoms with E-state index in [4.69, 9.17) is 9.26 Å². The first-order chi connectivity index (χ1) is 13.4. The van der Waals surface area contributed by atoms with Gasteiger partial charge in [0.05, 0.1) is 0 Å². The van der Waals surface area contributed by atoms with Crippen LogP contribution >= 0.6 is 0 Å². The quantitative estimate of drug-likeness (QED) is 0.622. The highest BCUT2D eigenvalue weighted by Crippen LogP contribution is 2.18. The zero-order valence-corrected chi connectivity index (χ0v) is 16.5. The molecule has 0 bridgehead atoms. The van der Waals surface area contributed by atoms with Gasteiger partial charge in [0, 0.05) is 24.0 Å². The Kier molecular flexibility index (Phi) is 6.03. The third-order valence-electron chi connectivity index (χ3n) is 4.28. The second-order valence-electron chi connectivity index (χ2n) is 6.89. The van der Waals surface area contributed by atoms with Crippen LogP contribution in [-0.4, -0.2) is 38.1 Å². The second-order valence-corrected chi connectivity index (χ2v) is 6.89. The molecule has 0 N–H and O–H groups in total. The van der Waals surface area contributed by atoms with Gasteiger partial charge in [-0.2, -0.15) is 4.98 Å². The molecule has 0 aliphatic heterocycles. The Morgan fingerprint density at radius 2 is 1.93 bits per heavy atom. The predicted molar refractivity (Wildman–Crippen MR) is 104 cm³/mol. The summed E-state index contributed by atoms with van der Waals surface area (Å²) in [5.41, 5.74) is 1.90. The van der Waals surface area contributed by atoms with Gasteiger partial charge >= 0.3 is 0 Å². The van der Waals surface area contributed by atoms with E-state index in [0.29, 0.717) is 17.5 Å². The van der Waals surface area contributed by atoms with Gasteiger partial charge in [-0.05, 0) is 52.0 Å². The van der Waals surface area contributed by atoms with Crippen molar-refractivity contribution < 1.29 is 14.1 Å². The van der Waals surface area contributed by atoms with Crippen molar-refractivity contribution in [2.24, 2.45) is 0 Å². The number of hydrogen-bond acceptors (Lipinski definition) is 6. The molecule has 0 spiro atoms. The van der Waals surface area contributed by atoms with Crippen molar-refractivity contribution in [3.63, 3.8) is 0 Å². The number of carbonyl (C=O) groups excluding carboxylic acids is 1. The van der Waals surface area contributed by atoms with Crippen LogP contribution in [0.1, 0.15) is 32.2 Å². The first-order valence-electron chi connectivity index (χ1n) is 9.21. The Balaban J connectivity index is 1.70. The maximum Gasteiger partial charge on any atom is 0.264 e. The van der Waals surface area contributed by atoms with Crippen molar-refractivity contribution in [3.8, 4) is 17.1 Å². The molecular weight excluding hydrogens is 356 g/mol. The summed E-state index contributed by atoms with van der Waals surface area (Å²) in [6.07, 6.45) is 2.71. The number of amides is 1. The third-order valence-corrected chi connectivity index (χ3v) is 4.28. The van der Waals surface area contributed by atoms with E-state index >= 15 is 0 Å². The van der Waals surface area contributed by atoms with Crippen LogP contribution in [0, 0.1) is 6.92 Å². The van der Waals surface area contributed by atoms with E-state index in [1.54, 1.807) is 30.3 Å². The summed E-state index contributed by atoms with van der Waals surface area (Å²) in [4.78, 5) is 23.0. The standard InChI is InChI=1S/C21H24N4O3/c1-14(2)25(21(26)16(4)27-18-9-7-15(3)8-10-18)13-19-23-20(24-28-19)17-6-5-11-22-12-17/h5-12,14,16H,13H2,1-4H3/t16-/m1/s1. The van der Waals surface area contributed by atoms with Gasteiger partial charge in [-0.25, -0.2) is 0 Å². The van der Waals surface area contributed by atoms with Crippen LogP contribution in [-0.2, 0) is 11.3 Å². The number of ether oxygens (including phenoxy) is 1. The van der Waals surface area contributed by atoms with Crippen molar-refractivity contribution >= 4 is 5.91 Å². The summed E-state index contributed by atoms with van der Waals surface area (Å²) < 4.78 is 11.1. The van der Waals surface area contributed by atoms with Gasteiger partial charge in [0.1, 0.15) is 12.3 Å². The molecule has 0 fully saturated rings. The molecule has 146 valence electrons. The Hall–Kier alpha value is -3.22. The molecule has 0 saturated heterocycles. The first kappa shape index (κ1) is 19.5. The normalized spacial score (nSPS) is 12.0. The maximum atomic E-state index is 12.9. The maximum absolute atomic E-state index is 12.9. The van der Waals surface area contributed by atoms with E-state index in [9.17, 15) is 4.79 Å². The van der Waals surface area contributed by atoms with Gasteiger partial charge in [0.15, 0.2) is 6.10 Å². The number of pyridine rings is 1. The van der Waals surface area contributed by atoms with Gasteiger partial charge in [0.2, 0.25) is 11.7 Å². The molecule has 1 atom stereocenters. The monoisotopic (exact) mass is 380 g/mol. The minimum atomic E-state index is -0.633. The van der Waals surface area contributed by atoms with Crippen LogP contribution in [0.4, 0.5) is 0 Å². The average molecular weight is 380 g/mol. The Morgan fingerprint density at radius 1 is 1.18 bits per heavy atom. The van der Waals surface area contributed by atoms with Crippen molar-refractivity contribution in [2.75, 3.05) is 0 Å². The molecule has 7 heteroatoms. The number of aromatic nitrogens is 3. The summed E-state index contributed by atoms with van der Waals surface area (Å²) in [6, 6.07) is 11.2. The van der Waals surface area contributed by atoms with Crippen molar-refractivity contribution in [1.29, 1.82) is 0 Å². The summed E-state index contributed by atoms with van der Waals surface area (Å²) in [6.45, 7) is 7.84. The molecule has 0 unspecified atom stereocenters. The predicted octanol–water partition coefficient (Wildman–Crippen LogP) is 3.64. The molecule has 2 heterocycles. The number of hydrogen-bond donors (Lipinski definition) is 0. The minimum Gasteiger partial charge on any atom is -0.481 e. The molecule has 0 aliphatic carbocycles. The van der Waals surface area contributed by atoms with E-state index < -0.39 is 6.10 Å². The fourth-order valence-corrected chi connectivity index (χ4v) is 2.70. The third kappa shape index (κ3) is 4.73. The number of rotatable bonds is 7. The summed E-state index contributed by atoms with van der Waals surface area (Å²) in [5.74, 6) is 1.33. The highest BCUT2D eigenvalue weighted by molar-refractivity contribution is 5.81. The fraction of sp³-hybridized carbons (Fsp3) is 0.333. The summed E-state index contributed by atoms with van der Waals surface area (Å²) in [7, 11) is 0. The van der Waals surface area contributed by atoms with Crippen molar-refractivity contribution in [2.45, 2.75) is 46.4 Å². The van der Waals surface area contributed by atoms with Gasteiger partial charge in [-0.1, -0.05) is 22.9 Å². The van der Waals surface area contributed by atoms with Gasteiger partial charge < -0.3 is 14.2 Å². The molecule has 0 radical (unpaired) electrons. The smallest absolute Gasteiger partial charge is 0.264 e. The molecule has 7 nitrogen and oxygen atoms in total. The molecule has 0 aliphatic rings. The van der Waals surface area contributed by atoms with E-state index in [2.05, 4.69) is 15.1 Å². The lowest BCUT2D eigenvalue weighted by Gasteiger charge is -2.28. The highest BCUT2D eigenvalue weighted by atomic mass is 16.5. The first-order valence-corrected chi connectivity index (χ1v) is 9.21. The van der Waals surface area contributed by atoms with Crippen LogP contribution in [0.3, 0.4) is 0 Å². The fourth-order valence-electron chi connectivity index (χ4n) is 2.70. The second kappa shape index (κ2) is 8.65. The van der Waals surface area contributed by atoms with E-state index in [1.165, 1.54) is 0 Å². The zero-order chi connectivity index (χ0) is 20.1. The van der Waals surface area contributed by atoms with Crippen molar-refractivity contribution in [1.82, 2.24) is 20.0 Å². The van der Waals surface area contributed by atoms with Crippen molar-refractivity contribution in [3.05, 3.63) is 60.2 Å². The lowest BCUT2D eigenvalue weighted by Crippen LogP contribution is -2.43. The lowest BCUT2D eigenvalue weighted by atomic mass is 10.2. The molecule has 1 aromatic carbocycles. The molecule has 0 saturated carbocycles. The topological polar surface area (TPSA) is 81.4 Å². The number of aryl methyl sites for hydroxylation is 1. The summed E-state index contributed by atoms with van der Waals surface area (Å²) >= 11 is 0. The van der Waals surface area contributed by atoms with Crippen LogP contribution in [0.5, 0.6) is 5.75 Å². The molecule has 3 aromatic rings. The Morgan fingerprint density at radius 3 is 2.57 bits per heavy atom. The summed E-state index contributed by atoms with van der Waals surface area (Å²) in [5, 5.41) is 3.98. The highest BCUT2D eigenvalue weighted by Gasteiger charge is 2.26. The molecule has 28 heavy (non-hydrogen) atoms. The largest absolute Gasteiger partial charge is 0.481 e.